The van der Waals surface area contributed by atoms with Crippen LogP contribution in [0.1, 0.15) is 30.1 Å². The van der Waals surface area contributed by atoms with Gasteiger partial charge in [-0.2, -0.15) is 0 Å². The van der Waals surface area contributed by atoms with Gasteiger partial charge >= 0.3 is 24.1 Å². The summed E-state index contributed by atoms with van der Waals surface area (Å²) in [5, 5.41) is 36.5. The van der Waals surface area contributed by atoms with Gasteiger partial charge in [0.05, 0.1) is 45.4 Å². The number of rotatable bonds is 22. The molecule has 0 radical (unpaired) electrons. The Bertz CT molecular complexity index is 1370. The summed E-state index contributed by atoms with van der Waals surface area (Å²) in [6.07, 6.45) is 0.255. The number of likely N-dealkylation sites (N-methyl/N-ethyl adjacent to an activating group) is 1. The number of carbonyl (C=O) groups excluding carboxylic acids is 4. The molecule has 1 aliphatic heterocycles. The second-order valence-electron chi connectivity index (χ2n) is 12.8. The largest absolute Gasteiger partial charge is 0.513 e. The quantitative estimate of drug-likeness (QED) is 0.0444. The number of hydrogen-bond donors (Lipinski definition) is 6. The fourth-order valence-electron chi connectivity index (χ4n) is 5.55. The van der Waals surface area contributed by atoms with Gasteiger partial charge in [-0.25, -0.2) is 4.79 Å². The van der Waals surface area contributed by atoms with Crippen molar-refractivity contribution in [3.63, 3.8) is 0 Å². The summed E-state index contributed by atoms with van der Waals surface area (Å²) in [5.41, 5.74) is 0.369. The Labute approximate surface area is 320 Å². The minimum atomic E-state index is -1.04. The molecule has 20 heteroatoms. The molecular formula is C35H55N7O13. The van der Waals surface area contributed by atoms with Crippen LogP contribution in [-0.2, 0) is 33.4 Å². The number of carbonyl (C=O) groups is 7. The molecule has 0 saturated carbocycles. The third kappa shape index (κ3) is 21.1. The third-order valence-corrected chi connectivity index (χ3v) is 8.50. The highest BCUT2D eigenvalue weighted by Gasteiger charge is 2.21. The summed E-state index contributed by atoms with van der Waals surface area (Å²) in [7, 11) is 1.71. The zero-order chi connectivity index (χ0) is 40.6. The third-order valence-electron chi connectivity index (χ3n) is 8.50. The first-order valence-corrected chi connectivity index (χ1v) is 18.1. The SMILES string of the molecule is CN[C@H](CCCNC(=O)c1ccc(OC(=O)OCCOCCNC(=O)CN2CCN(CC(=O)O)CCN(CC(=O)O)CCN(CC(=O)O)CC2)cc1)C(C)=O. The number of amides is 2. The molecule has 55 heavy (non-hydrogen) atoms. The van der Waals surface area contributed by atoms with Gasteiger partial charge in [0.25, 0.3) is 5.91 Å². The number of benzene rings is 1. The topological polar surface area (TPSA) is 257 Å². The van der Waals surface area contributed by atoms with E-state index in [1.807, 2.05) is 0 Å². The molecule has 0 unspecified atom stereocenters. The zero-order valence-electron chi connectivity index (χ0n) is 31.5. The van der Waals surface area contributed by atoms with E-state index in [4.69, 9.17) is 14.2 Å². The predicted octanol–water partition coefficient (Wildman–Crippen LogP) is -1.50. The average Bonchev–Trinajstić information content (AvgIpc) is 3.11. The van der Waals surface area contributed by atoms with Crippen LogP contribution in [0.2, 0.25) is 0 Å². The number of carboxylic acids is 3. The number of ether oxygens (including phenoxy) is 3. The van der Waals surface area contributed by atoms with Gasteiger partial charge in [-0.15, -0.1) is 0 Å². The van der Waals surface area contributed by atoms with Crippen molar-refractivity contribution in [2.24, 2.45) is 0 Å². The van der Waals surface area contributed by atoms with Crippen molar-refractivity contribution >= 4 is 41.7 Å². The van der Waals surface area contributed by atoms with Crippen molar-refractivity contribution in [2.75, 3.05) is 118 Å². The van der Waals surface area contributed by atoms with Gasteiger partial charge in [-0.1, -0.05) is 0 Å². The van der Waals surface area contributed by atoms with Gasteiger partial charge in [0.2, 0.25) is 5.91 Å². The molecular weight excluding hydrogens is 726 g/mol. The Morgan fingerprint density at radius 2 is 1.16 bits per heavy atom. The van der Waals surface area contributed by atoms with Crippen molar-refractivity contribution in [3.8, 4) is 5.75 Å². The predicted molar refractivity (Wildman–Crippen MR) is 196 cm³/mol. The number of hydrogen-bond acceptors (Lipinski definition) is 15. The minimum Gasteiger partial charge on any atom is -0.480 e. The molecule has 0 bridgehead atoms. The van der Waals surface area contributed by atoms with E-state index in [9.17, 15) is 48.9 Å². The van der Waals surface area contributed by atoms with Crippen molar-refractivity contribution in [1.29, 1.82) is 0 Å². The fourth-order valence-corrected chi connectivity index (χ4v) is 5.55. The van der Waals surface area contributed by atoms with E-state index < -0.39 is 24.1 Å². The molecule has 2 amide bonds. The van der Waals surface area contributed by atoms with Crippen LogP contribution in [0.15, 0.2) is 24.3 Å². The molecule has 2 rings (SSSR count). The monoisotopic (exact) mass is 781 g/mol. The summed E-state index contributed by atoms with van der Waals surface area (Å²) in [5.74, 6) is -3.54. The lowest BCUT2D eigenvalue weighted by molar-refractivity contribution is -0.140. The Morgan fingerprint density at radius 3 is 1.62 bits per heavy atom. The Kier molecular flexibility index (Phi) is 22.1. The standard InChI is InChI=1S/C35H55N7O13/c1-26(43)29(36-2)4-3-9-38-34(51)27-5-7-28(8-6-27)55-35(52)54-21-20-53-19-10-37-30(44)22-39-11-13-40(23-31(45)46)15-17-42(25-33(49)50)18-16-41(14-12-39)24-32(47)48/h5-8,29,36H,3-4,9-25H2,1-2H3,(H,37,44)(H,38,51)(H,45,46)(H,47,48)(H,49,50)/t29-/m1/s1. The average molecular weight is 782 g/mol. The minimum absolute atomic E-state index is 0.0282. The molecule has 1 heterocycles. The highest BCUT2D eigenvalue weighted by Crippen LogP contribution is 2.13. The van der Waals surface area contributed by atoms with Crippen LogP contribution < -0.4 is 20.7 Å². The van der Waals surface area contributed by atoms with Crippen molar-refractivity contribution in [2.45, 2.75) is 25.8 Å². The molecule has 0 spiro atoms. The summed E-state index contributed by atoms with van der Waals surface area (Å²) in [4.78, 5) is 89.8. The molecule has 20 nitrogen and oxygen atoms in total. The lowest BCUT2D eigenvalue weighted by atomic mass is 10.1. The molecule has 308 valence electrons. The smallest absolute Gasteiger partial charge is 0.480 e. The van der Waals surface area contributed by atoms with Crippen LogP contribution in [0.25, 0.3) is 0 Å². The molecule has 0 aliphatic carbocycles. The Balaban J connectivity index is 1.72. The summed E-state index contributed by atoms with van der Waals surface area (Å²) < 4.78 is 15.6. The second-order valence-corrected chi connectivity index (χ2v) is 12.8. The number of ketones is 1. The number of aliphatic carboxylic acids is 3. The molecule has 1 aromatic rings. The van der Waals surface area contributed by atoms with Gasteiger partial charge in [-0.3, -0.25) is 48.4 Å². The molecule has 0 aromatic heterocycles. The lowest BCUT2D eigenvalue weighted by Gasteiger charge is -2.32. The zero-order valence-corrected chi connectivity index (χ0v) is 31.5. The summed E-state index contributed by atoms with van der Waals surface area (Å²) in [6.45, 7) is 3.56. The van der Waals surface area contributed by atoms with Crippen LogP contribution in [0.3, 0.4) is 0 Å². The maximum absolute atomic E-state index is 12.8. The molecule has 1 aromatic carbocycles. The van der Waals surface area contributed by atoms with E-state index in [0.29, 0.717) is 38.0 Å². The van der Waals surface area contributed by atoms with Gasteiger partial charge in [0, 0.05) is 71.0 Å². The van der Waals surface area contributed by atoms with Crippen LogP contribution in [0.4, 0.5) is 4.79 Å². The van der Waals surface area contributed by atoms with E-state index in [0.717, 1.165) is 0 Å². The van der Waals surface area contributed by atoms with Crippen molar-refractivity contribution in [3.05, 3.63) is 29.8 Å². The highest BCUT2D eigenvalue weighted by molar-refractivity contribution is 5.94. The van der Waals surface area contributed by atoms with E-state index in [-0.39, 0.29) is 121 Å². The van der Waals surface area contributed by atoms with E-state index in [1.54, 1.807) is 26.6 Å². The first-order valence-electron chi connectivity index (χ1n) is 18.1. The van der Waals surface area contributed by atoms with Crippen LogP contribution in [-0.4, -0.2) is 201 Å². The summed E-state index contributed by atoms with van der Waals surface area (Å²) in [6, 6.07) is 5.66. The lowest BCUT2D eigenvalue weighted by Crippen LogP contribution is -2.50. The van der Waals surface area contributed by atoms with Gasteiger partial charge < -0.3 is 45.5 Å². The van der Waals surface area contributed by atoms with E-state index in [2.05, 4.69) is 16.0 Å². The molecule has 1 fully saturated rings. The summed E-state index contributed by atoms with van der Waals surface area (Å²) >= 11 is 0. The fraction of sp³-hybridized carbons (Fsp3) is 0.629. The number of nitrogens with zero attached hydrogens (tertiary/aromatic N) is 4. The van der Waals surface area contributed by atoms with E-state index >= 15 is 0 Å². The first-order chi connectivity index (χ1) is 26.2. The number of carboxylic acid groups (broad SMARTS) is 3. The Morgan fingerprint density at radius 1 is 0.673 bits per heavy atom. The van der Waals surface area contributed by atoms with Crippen LogP contribution in [0, 0.1) is 0 Å². The van der Waals surface area contributed by atoms with Crippen molar-refractivity contribution < 1.29 is 63.1 Å². The second kappa shape index (κ2) is 26.1. The molecule has 1 aliphatic rings. The van der Waals surface area contributed by atoms with Gasteiger partial charge in [0.1, 0.15) is 18.1 Å². The normalized spacial score (nSPS) is 15.8. The highest BCUT2D eigenvalue weighted by atomic mass is 16.7. The molecule has 1 saturated heterocycles. The molecule has 6 N–H and O–H groups in total. The first kappa shape index (κ1) is 46.4. The molecule has 1 atom stereocenters. The Hall–Kier alpha value is -4.73. The van der Waals surface area contributed by atoms with Gasteiger partial charge in [0.15, 0.2) is 0 Å². The maximum Gasteiger partial charge on any atom is 0.513 e. The van der Waals surface area contributed by atoms with Gasteiger partial charge in [-0.05, 0) is 51.1 Å². The number of Topliss-reactive ketones (excluding diaryl/α,β-unsaturated/α-hetero) is 1. The van der Waals surface area contributed by atoms with Crippen molar-refractivity contribution in [1.82, 2.24) is 35.6 Å². The number of nitrogens with one attached hydrogen (secondary N) is 3. The van der Waals surface area contributed by atoms with E-state index in [1.165, 1.54) is 31.2 Å². The maximum atomic E-state index is 12.8. The van der Waals surface area contributed by atoms with Crippen LogP contribution in [0.5, 0.6) is 5.75 Å². The van der Waals surface area contributed by atoms with Crippen LogP contribution >= 0.6 is 0 Å².